The lowest BCUT2D eigenvalue weighted by Crippen LogP contribution is -2.24. The SMILES string of the molecule is Cc1cccc2c1OC(C)CC2CC(=O)O. The number of para-hydroxylation sites is 1. The third-order valence-electron chi connectivity index (χ3n) is 3.04. The van der Waals surface area contributed by atoms with Crippen LogP contribution in [0.5, 0.6) is 5.75 Å². The molecule has 3 heteroatoms. The first-order chi connectivity index (χ1) is 7.58. The van der Waals surface area contributed by atoms with Gasteiger partial charge >= 0.3 is 5.97 Å². The lowest BCUT2D eigenvalue weighted by atomic mass is 9.86. The number of carboxylic acid groups (broad SMARTS) is 1. The lowest BCUT2D eigenvalue weighted by Gasteiger charge is -2.30. The highest BCUT2D eigenvalue weighted by Gasteiger charge is 2.28. The van der Waals surface area contributed by atoms with Crippen LogP contribution in [-0.4, -0.2) is 17.2 Å². The molecule has 0 radical (unpaired) electrons. The number of hydrogen-bond acceptors (Lipinski definition) is 2. The van der Waals surface area contributed by atoms with Gasteiger partial charge in [-0.05, 0) is 31.4 Å². The maximum atomic E-state index is 10.8. The van der Waals surface area contributed by atoms with Gasteiger partial charge in [-0.15, -0.1) is 0 Å². The number of ether oxygens (including phenoxy) is 1. The highest BCUT2D eigenvalue weighted by molar-refractivity contribution is 5.68. The van der Waals surface area contributed by atoms with Crippen molar-refractivity contribution in [3.63, 3.8) is 0 Å². The zero-order chi connectivity index (χ0) is 11.7. The number of fused-ring (bicyclic) bond motifs is 1. The van der Waals surface area contributed by atoms with E-state index in [1.807, 2.05) is 32.0 Å². The van der Waals surface area contributed by atoms with Crippen molar-refractivity contribution in [3.8, 4) is 5.75 Å². The Labute approximate surface area is 95.0 Å². The predicted molar refractivity (Wildman–Crippen MR) is 60.9 cm³/mol. The molecular weight excluding hydrogens is 204 g/mol. The van der Waals surface area contributed by atoms with Crippen LogP contribution in [0.1, 0.15) is 36.8 Å². The number of benzene rings is 1. The van der Waals surface area contributed by atoms with Crippen molar-refractivity contribution in [1.82, 2.24) is 0 Å². The Bertz CT molecular complexity index is 412. The lowest BCUT2D eigenvalue weighted by molar-refractivity contribution is -0.137. The second kappa shape index (κ2) is 4.16. The maximum Gasteiger partial charge on any atom is 0.303 e. The van der Waals surface area contributed by atoms with E-state index in [1.165, 1.54) is 0 Å². The van der Waals surface area contributed by atoms with E-state index in [1.54, 1.807) is 0 Å². The van der Waals surface area contributed by atoms with Crippen LogP contribution in [0.25, 0.3) is 0 Å². The van der Waals surface area contributed by atoms with Crippen molar-refractivity contribution in [2.75, 3.05) is 0 Å². The van der Waals surface area contributed by atoms with Gasteiger partial charge in [0, 0.05) is 5.92 Å². The molecular formula is C13H16O3. The van der Waals surface area contributed by atoms with Gasteiger partial charge in [-0.25, -0.2) is 0 Å². The van der Waals surface area contributed by atoms with Gasteiger partial charge in [0.25, 0.3) is 0 Å². The van der Waals surface area contributed by atoms with Crippen LogP contribution in [0, 0.1) is 6.92 Å². The molecule has 0 saturated heterocycles. The summed E-state index contributed by atoms with van der Waals surface area (Å²) in [5, 5.41) is 8.91. The number of hydrogen-bond donors (Lipinski definition) is 1. The summed E-state index contributed by atoms with van der Waals surface area (Å²) in [6.07, 6.45) is 1.06. The molecule has 16 heavy (non-hydrogen) atoms. The van der Waals surface area contributed by atoms with Gasteiger partial charge < -0.3 is 9.84 Å². The first kappa shape index (κ1) is 11.0. The molecule has 1 N–H and O–H groups in total. The van der Waals surface area contributed by atoms with Crippen LogP contribution >= 0.6 is 0 Å². The molecule has 2 rings (SSSR count). The van der Waals surface area contributed by atoms with Crippen molar-refractivity contribution >= 4 is 5.97 Å². The molecule has 0 bridgehead atoms. The summed E-state index contributed by atoms with van der Waals surface area (Å²) in [5.74, 6) is 0.218. The number of carbonyl (C=O) groups is 1. The Hall–Kier alpha value is -1.51. The fourth-order valence-corrected chi connectivity index (χ4v) is 2.34. The summed E-state index contributed by atoms with van der Waals surface area (Å²) < 4.78 is 5.78. The van der Waals surface area contributed by atoms with Crippen LogP contribution in [0.2, 0.25) is 0 Å². The summed E-state index contributed by atoms with van der Waals surface area (Å²) in [7, 11) is 0. The van der Waals surface area contributed by atoms with E-state index >= 15 is 0 Å². The van der Waals surface area contributed by atoms with Crippen LogP contribution in [0.3, 0.4) is 0 Å². The molecule has 0 spiro atoms. The average molecular weight is 220 g/mol. The molecule has 0 saturated carbocycles. The first-order valence-corrected chi connectivity index (χ1v) is 5.56. The Morgan fingerprint density at radius 2 is 2.31 bits per heavy atom. The van der Waals surface area contributed by atoms with E-state index in [9.17, 15) is 4.79 Å². The Morgan fingerprint density at radius 3 is 3.00 bits per heavy atom. The van der Waals surface area contributed by atoms with E-state index in [4.69, 9.17) is 9.84 Å². The molecule has 1 aromatic rings. The Morgan fingerprint density at radius 1 is 1.56 bits per heavy atom. The van der Waals surface area contributed by atoms with E-state index in [2.05, 4.69) is 0 Å². The molecule has 0 aromatic heterocycles. The Balaban J connectivity index is 2.38. The highest BCUT2D eigenvalue weighted by atomic mass is 16.5. The summed E-state index contributed by atoms with van der Waals surface area (Å²) in [4.78, 5) is 10.8. The molecule has 1 aliphatic rings. The molecule has 1 aromatic carbocycles. The number of aliphatic carboxylic acids is 1. The average Bonchev–Trinajstić information content (AvgIpc) is 2.18. The predicted octanol–water partition coefficient (Wildman–Crippen LogP) is 2.72. The van der Waals surface area contributed by atoms with Crippen molar-refractivity contribution in [2.45, 2.75) is 38.7 Å². The summed E-state index contributed by atoms with van der Waals surface area (Å²) >= 11 is 0. The first-order valence-electron chi connectivity index (χ1n) is 5.56. The topological polar surface area (TPSA) is 46.5 Å². The van der Waals surface area contributed by atoms with Gasteiger partial charge in [-0.1, -0.05) is 18.2 Å². The number of aryl methyl sites for hydroxylation is 1. The van der Waals surface area contributed by atoms with Gasteiger partial charge in [-0.3, -0.25) is 4.79 Å². The fourth-order valence-electron chi connectivity index (χ4n) is 2.34. The molecule has 2 atom stereocenters. The largest absolute Gasteiger partial charge is 0.490 e. The minimum atomic E-state index is -0.744. The third-order valence-corrected chi connectivity index (χ3v) is 3.04. The summed E-state index contributed by atoms with van der Waals surface area (Å²) in [6.45, 7) is 3.99. The molecule has 1 aliphatic heterocycles. The molecule has 2 unspecified atom stereocenters. The zero-order valence-electron chi connectivity index (χ0n) is 9.56. The monoisotopic (exact) mass is 220 g/mol. The molecule has 0 aliphatic carbocycles. The van der Waals surface area contributed by atoms with E-state index in [0.29, 0.717) is 0 Å². The minimum Gasteiger partial charge on any atom is -0.490 e. The van der Waals surface area contributed by atoms with Gasteiger partial charge in [0.15, 0.2) is 0 Å². The maximum absolute atomic E-state index is 10.8. The van der Waals surface area contributed by atoms with E-state index < -0.39 is 5.97 Å². The number of carboxylic acids is 1. The molecule has 0 fully saturated rings. The van der Waals surface area contributed by atoms with Crippen LogP contribution in [-0.2, 0) is 4.79 Å². The van der Waals surface area contributed by atoms with Gasteiger partial charge in [0.05, 0.1) is 12.5 Å². The van der Waals surface area contributed by atoms with Crippen LogP contribution in [0.4, 0.5) is 0 Å². The second-order valence-corrected chi connectivity index (χ2v) is 4.45. The van der Waals surface area contributed by atoms with Crippen LogP contribution < -0.4 is 4.74 Å². The molecule has 1 heterocycles. The van der Waals surface area contributed by atoms with E-state index in [0.717, 1.165) is 23.3 Å². The van der Waals surface area contributed by atoms with Crippen LogP contribution in [0.15, 0.2) is 18.2 Å². The standard InChI is InChI=1S/C13H16O3/c1-8-4-3-5-11-10(7-12(14)15)6-9(2)16-13(8)11/h3-5,9-10H,6-7H2,1-2H3,(H,14,15). The Kier molecular flexibility index (Phi) is 2.86. The summed E-state index contributed by atoms with van der Waals surface area (Å²) in [6, 6.07) is 5.93. The summed E-state index contributed by atoms with van der Waals surface area (Å²) in [5.41, 5.74) is 2.12. The van der Waals surface area contributed by atoms with Gasteiger partial charge in [0.2, 0.25) is 0 Å². The van der Waals surface area contributed by atoms with Gasteiger partial charge in [-0.2, -0.15) is 0 Å². The molecule has 86 valence electrons. The second-order valence-electron chi connectivity index (χ2n) is 4.45. The fraction of sp³-hybridized carbons (Fsp3) is 0.462. The van der Waals surface area contributed by atoms with Crippen molar-refractivity contribution < 1.29 is 14.6 Å². The highest BCUT2D eigenvalue weighted by Crippen LogP contribution is 2.39. The third kappa shape index (κ3) is 2.03. The number of rotatable bonds is 2. The normalized spacial score (nSPS) is 23.4. The van der Waals surface area contributed by atoms with Crippen molar-refractivity contribution in [2.24, 2.45) is 0 Å². The molecule has 0 amide bonds. The minimum absolute atomic E-state index is 0.0798. The van der Waals surface area contributed by atoms with Gasteiger partial charge in [0.1, 0.15) is 5.75 Å². The quantitative estimate of drug-likeness (QED) is 0.833. The smallest absolute Gasteiger partial charge is 0.303 e. The van der Waals surface area contributed by atoms with Crippen molar-refractivity contribution in [1.29, 1.82) is 0 Å². The van der Waals surface area contributed by atoms with E-state index in [-0.39, 0.29) is 18.4 Å². The van der Waals surface area contributed by atoms with Crippen molar-refractivity contribution in [3.05, 3.63) is 29.3 Å². The molecule has 3 nitrogen and oxygen atoms in total. The zero-order valence-corrected chi connectivity index (χ0v) is 9.56.